The number of hydrogen-bond donors (Lipinski definition) is 1. The van der Waals surface area contributed by atoms with Crippen molar-refractivity contribution >= 4 is 0 Å². The number of unbranched alkanes of at least 4 members (excludes halogenated alkanes) is 1. The second-order valence-electron chi connectivity index (χ2n) is 9.39. The standard InChI is InChI=1S/C22H36N2O/c1-8-9-10-23-11-12-24(16-23)15-17-13-18(21(2,3)4)20(25)19(14-17)22(5,6)7/h11-14,25H,8-10,15-16H2,1-7H3. The van der Waals surface area contributed by atoms with Gasteiger partial charge in [0.25, 0.3) is 0 Å². The molecule has 0 amide bonds. The minimum absolute atomic E-state index is 0.0753. The van der Waals surface area contributed by atoms with Crippen molar-refractivity contribution in [1.82, 2.24) is 9.80 Å². The number of aromatic hydroxyl groups is 1. The molecule has 0 aromatic heterocycles. The summed E-state index contributed by atoms with van der Waals surface area (Å²) in [5.74, 6) is 0.463. The number of phenols is 1. The maximum atomic E-state index is 10.8. The zero-order chi connectivity index (χ0) is 18.8. The Morgan fingerprint density at radius 2 is 1.44 bits per heavy atom. The first-order valence-electron chi connectivity index (χ1n) is 9.55. The van der Waals surface area contributed by atoms with Gasteiger partial charge in [-0.15, -0.1) is 0 Å². The van der Waals surface area contributed by atoms with Gasteiger partial charge in [-0.25, -0.2) is 0 Å². The van der Waals surface area contributed by atoms with Crippen molar-refractivity contribution in [3.63, 3.8) is 0 Å². The van der Waals surface area contributed by atoms with Crippen LogP contribution in [0.15, 0.2) is 24.5 Å². The minimum Gasteiger partial charge on any atom is -0.507 e. The molecule has 1 aliphatic heterocycles. The Bertz CT molecular complexity index is 585. The molecule has 0 unspecified atom stereocenters. The van der Waals surface area contributed by atoms with E-state index in [2.05, 4.69) is 82.8 Å². The largest absolute Gasteiger partial charge is 0.507 e. The second-order valence-corrected chi connectivity index (χ2v) is 9.39. The fourth-order valence-electron chi connectivity index (χ4n) is 3.29. The molecule has 0 spiro atoms. The molecule has 0 saturated carbocycles. The number of nitrogens with zero attached hydrogens (tertiary/aromatic N) is 2. The normalized spacial score (nSPS) is 15.3. The molecule has 0 saturated heterocycles. The summed E-state index contributed by atoms with van der Waals surface area (Å²) in [5.41, 5.74) is 3.21. The van der Waals surface area contributed by atoms with Gasteiger partial charge in [0, 0.05) is 25.5 Å². The highest BCUT2D eigenvalue weighted by molar-refractivity contribution is 5.49. The summed E-state index contributed by atoms with van der Waals surface area (Å²) in [6, 6.07) is 4.38. The Balaban J connectivity index is 2.26. The van der Waals surface area contributed by atoms with E-state index >= 15 is 0 Å². The lowest BCUT2D eigenvalue weighted by Gasteiger charge is -2.29. The van der Waals surface area contributed by atoms with Crippen molar-refractivity contribution in [1.29, 1.82) is 0 Å². The Morgan fingerprint density at radius 3 is 1.92 bits per heavy atom. The van der Waals surface area contributed by atoms with Crippen molar-refractivity contribution in [3.8, 4) is 5.75 Å². The molecule has 0 fully saturated rings. The highest BCUT2D eigenvalue weighted by atomic mass is 16.3. The summed E-state index contributed by atoms with van der Waals surface area (Å²) in [6.45, 7) is 18.2. The molecule has 0 aliphatic carbocycles. The second kappa shape index (κ2) is 7.31. The van der Waals surface area contributed by atoms with Crippen LogP contribution in [0, 0.1) is 0 Å². The lowest BCUT2D eigenvalue weighted by atomic mass is 9.78. The van der Waals surface area contributed by atoms with E-state index in [-0.39, 0.29) is 10.8 Å². The average Bonchev–Trinajstić information content (AvgIpc) is 2.92. The average molecular weight is 345 g/mol. The first kappa shape index (κ1) is 19.7. The topological polar surface area (TPSA) is 26.7 Å². The molecule has 140 valence electrons. The number of rotatable bonds is 5. The summed E-state index contributed by atoms with van der Waals surface area (Å²) in [5, 5.41) is 10.8. The van der Waals surface area contributed by atoms with Gasteiger partial charge < -0.3 is 14.9 Å². The van der Waals surface area contributed by atoms with Crippen molar-refractivity contribution in [2.75, 3.05) is 13.2 Å². The first-order valence-corrected chi connectivity index (χ1v) is 9.55. The fourth-order valence-corrected chi connectivity index (χ4v) is 3.29. The van der Waals surface area contributed by atoms with Crippen LogP contribution < -0.4 is 0 Å². The van der Waals surface area contributed by atoms with Crippen LogP contribution in [0.5, 0.6) is 5.75 Å². The van der Waals surface area contributed by atoms with Crippen LogP contribution in [-0.4, -0.2) is 28.1 Å². The molecule has 0 radical (unpaired) electrons. The molecule has 3 heteroatoms. The van der Waals surface area contributed by atoms with Gasteiger partial charge in [0.2, 0.25) is 0 Å². The first-order chi connectivity index (χ1) is 11.5. The number of phenolic OH excluding ortho intramolecular Hbond substituents is 1. The molecule has 1 aromatic carbocycles. The molecule has 25 heavy (non-hydrogen) atoms. The predicted octanol–water partition coefficient (Wildman–Crippen LogP) is 5.33. The molecule has 1 aromatic rings. The smallest absolute Gasteiger partial charge is 0.123 e. The van der Waals surface area contributed by atoms with Crippen molar-refractivity contribution in [2.24, 2.45) is 0 Å². The van der Waals surface area contributed by atoms with Crippen LogP contribution in [0.1, 0.15) is 78.0 Å². The van der Waals surface area contributed by atoms with E-state index in [9.17, 15) is 5.11 Å². The number of hydrogen-bond acceptors (Lipinski definition) is 3. The minimum atomic E-state index is -0.0753. The van der Waals surface area contributed by atoms with E-state index in [0.29, 0.717) is 5.75 Å². The van der Waals surface area contributed by atoms with Crippen molar-refractivity contribution in [2.45, 2.75) is 78.7 Å². The van der Waals surface area contributed by atoms with Gasteiger partial charge in [0.05, 0.1) is 6.67 Å². The van der Waals surface area contributed by atoms with Gasteiger partial charge in [0.1, 0.15) is 5.75 Å². The van der Waals surface area contributed by atoms with Crippen LogP contribution in [-0.2, 0) is 17.4 Å². The molecule has 2 rings (SSSR count). The van der Waals surface area contributed by atoms with Gasteiger partial charge in [-0.05, 0) is 46.1 Å². The predicted molar refractivity (Wildman–Crippen MR) is 107 cm³/mol. The molecular weight excluding hydrogens is 308 g/mol. The molecule has 1 heterocycles. The summed E-state index contributed by atoms with van der Waals surface area (Å²) in [6.07, 6.45) is 6.85. The Hall–Kier alpha value is -1.64. The summed E-state index contributed by atoms with van der Waals surface area (Å²) >= 11 is 0. The molecule has 1 aliphatic rings. The molecule has 0 atom stereocenters. The van der Waals surface area contributed by atoms with Gasteiger partial charge in [-0.3, -0.25) is 0 Å². The summed E-state index contributed by atoms with van der Waals surface area (Å²) < 4.78 is 0. The molecule has 1 N–H and O–H groups in total. The van der Waals surface area contributed by atoms with Crippen molar-refractivity contribution < 1.29 is 5.11 Å². The lowest BCUT2D eigenvalue weighted by molar-refractivity contribution is 0.257. The maximum absolute atomic E-state index is 10.8. The highest BCUT2D eigenvalue weighted by Crippen LogP contribution is 2.40. The zero-order valence-electron chi connectivity index (χ0n) is 17.2. The Morgan fingerprint density at radius 1 is 0.920 bits per heavy atom. The van der Waals surface area contributed by atoms with Crippen LogP contribution in [0.2, 0.25) is 0 Å². The lowest BCUT2D eigenvalue weighted by Crippen LogP contribution is -2.26. The van der Waals surface area contributed by atoms with E-state index in [1.165, 1.54) is 18.4 Å². The SMILES string of the molecule is CCCCN1C=CN(Cc2cc(C(C)(C)C)c(O)c(C(C)(C)C)c2)C1. The van der Waals surface area contributed by atoms with E-state index in [1.54, 1.807) is 0 Å². The van der Waals surface area contributed by atoms with E-state index in [1.807, 2.05) is 0 Å². The van der Waals surface area contributed by atoms with Crippen molar-refractivity contribution in [3.05, 3.63) is 41.2 Å². The zero-order valence-corrected chi connectivity index (χ0v) is 17.2. The third-order valence-electron chi connectivity index (χ3n) is 4.82. The van der Waals surface area contributed by atoms with Gasteiger partial charge in [0.15, 0.2) is 0 Å². The maximum Gasteiger partial charge on any atom is 0.123 e. The quantitative estimate of drug-likeness (QED) is 0.781. The molecule has 0 bridgehead atoms. The van der Waals surface area contributed by atoms with Crippen LogP contribution in [0.4, 0.5) is 0 Å². The molecule has 3 nitrogen and oxygen atoms in total. The Kier molecular flexibility index (Phi) is 5.75. The molecular formula is C22H36N2O. The monoisotopic (exact) mass is 344 g/mol. The van der Waals surface area contributed by atoms with Gasteiger partial charge in [-0.1, -0.05) is 54.9 Å². The Labute approximate surface area is 154 Å². The fraction of sp³-hybridized carbons (Fsp3) is 0.636. The summed E-state index contributed by atoms with van der Waals surface area (Å²) in [7, 11) is 0. The van der Waals surface area contributed by atoms with Crippen LogP contribution in [0.25, 0.3) is 0 Å². The van der Waals surface area contributed by atoms with E-state index in [4.69, 9.17) is 0 Å². The van der Waals surface area contributed by atoms with E-state index < -0.39 is 0 Å². The third-order valence-corrected chi connectivity index (χ3v) is 4.82. The van der Waals surface area contributed by atoms with Crippen LogP contribution in [0.3, 0.4) is 0 Å². The van der Waals surface area contributed by atoms with Gasteiger partial charge >= 0.3 is 0 Å². The highest BCUT2D eigenvalue weighted by Gasteiger charge is 2.27. The third kappa shape index (κ3) is 4.93. The van der Waals surface area contributed by atoms with E-state index in [0.717, 1.165) is 30.9 Å². The van der Waals surface area contributed by atoms with Gasteiger partial charge in [-0.2, -0.15) is 0 Å². The summed E-state index contributed by atoms with van der Waals surface area (Å²) in [4.78, 5) is 4.72. The van der Waals surface area contributed by atoms with Crippen LogP contribution >= 0.6 is 0 Å². The number of benzene rings is 1.